The lowest BCUT2D eigenvalue weighted by atomic mass is 9.88. The minimum absolute atomic E-state index is 0.281. The lowest BCUT2D eigenvalue weighted by molar-refractivity contribution is 0.103. The van der Waals surface area contributed by atoms with Crippen molar-refractivity contribution in [2.24, 2.45) is 5.73 Å². The smallest absolute Gasteiger partial charge is 0.404 e. The van der Waals surface area contributed by atoms with Crippen LogP contribution in [0.5, 0.6) is 0 Å². The summed E-state index contributed by atoms with van der Waals surface area (Å²) in [6.45, 7) is 3.80. The molecule has 1 unspecified atom stereocenters. The molecule has 1 atom stereocenters. The average molecular weight is 327 g/mol. The number of allylic oxidation sites excluding steroid dienone is 1. The Morgan fingerprint density at radius 3 is 2.92 bits per heavy atom. The SMILES string of the molecule is Cc1[nH]c2c(C#N)cc(F)c(C3=CCCC(OC(N)=O)C3)c2c1C. The van der Waals surface area contributed by atoms with Crippen LogP contribution < -0.4 is 5.73 Å². The van der Waals surface area contributed by atoms with E-state index in [0.717, 1.165) is 22.2 Å². The number of rotatable bonds is 2. The molecular weight excluding hydrogens is 309 g/mol. The minimum Gasteiger partial charge on any atom is -0.446 e. The number of fused-ring (bicyclic) bond motifs is 1. The summed E-state index contributed by atoms with van der Waals surface area (Å²) in [7, 11) is 0. The number of ether oxygens (including phenoxy) is 1. The van der Waals surface area contributed by atoms with E-state index in [1.807, 2.05) is 26.0 Å². The first-order chi connectivity index (χ1) is 11.4. The van der Waals surface area contributed by atoms with Gasteiger partial charge in [-0.3, -0.25) is 0 Å². The van der Waals surface area contributed by atoms with Gasteiger partial charge in [-0.05, 0) is 43.9 Å². The molecule has 2 aromatic rings. The number of halogens is 1. The molecule has 0 radical (unpaired) electrons. The number of nitriles is 1. The summed E-state index contributed by atoms with van der Waals surface area (Å²) >= 11 is 0. The molecule has 1 aromatic carbocycles. The number of aryl methyl sites for hydroxylation is 2. The van der Waals surface area contributed by atoms with E-state index >= 15 is 0 Å². The van der Waals surface area contributed by atoms with E-state index in [0.29, 0.717) is 30.3 Å². The van der Waals surface area contributed by atoms with Crippen LogP contribution in [0.3, 0.4) is 0 Å². The fourth-order valence-electron chi connectivity index (χ4n) is 3.37. The molecule has 3 rings (SSSR count). The Bertz CT molecular complexity index is 905. The number of carbonyl (C=O) groups is 1. The zero-order chi connectivity index (χ0) is 17.4. The van der Waals surface area contributed by atoms with Crippen LogP contribution in [-0.4, -0.2) is 17.2 Å². The Kier molecular flexibility index (Phi) is 4.02. The maximum atomic E-state index is 14.8. The molecule has 0 saturated carbocycles. The quantitative estimate of drug-likeness (QED) is 0.878. The molecule has 1 aliphatic carbocycles. The molecule has 0 aliphatic heterocycles. The monoisotopic (exact) mass is 327 g/mol. The third kappa shape index (κ3) is 2.62. The molecule has 5 nitrogen and oxygen atoms in total. The highest BCUT2D eigenvalue weighted by Crippen LogP contribution is 2.38. The van der Waals surface area contributed by atoms with E-state index in [4.69, 9.17) is 10.5 Å². The average Bonchev–Trinajstić information content (AvgIpc) is 2.82. The Hall–Kier alpha value is -2.81. The second kappa shape index (κ2) is 6.00. The molecule has 0 bridgehead atoms. The van der Waals surface area contributed by atoms with Crippen molar-refractivity contribution >= 4 is 22.6 Å². The van der Waals surface area contributed by atoms with Crippen molar-refractivity contribution < 1.29 is 13.9 Å². The van der Waals surface area contributed by atoms with Gasteiger partial charge in [0.25, 0.3) is 0 Å². The van der Waals surface area contributed by atoms with Crippen LogP contribution in [0.15, 0.2) is 12.1 Å². The summed E-state index contributed by atoms with van der Waals surface area (Å²) in [4.78, 5) is 14.2. The third-order valence-electron chi connectivity index (χ3n) is 4.58. The first-order valence-electron chi connectivity index (χ1n) is 7.79. The number of H-pyrrole nitrogens is 1. The van der Waals surface area contributed by atoms with E-state index < -0.39 is 11.9 Å². The lowest BCUT2D eigenvalue weighted by Gasteiger charge is -2.23. The Labute approximate surface area is 138 Å². The van der Waals surface area contributed by atoms with Crippen molar-refractivity contribution in [3.8, 4) is 6.07 Å². The molecule has 6 heteroatoms. The van der Waals surface area contributed by atoms with Crippen molar-refractivity contribution in [1.82, 2.24) is 4.98 Å². The van der Waals surface area contributed by atoms with Crippen molar-refractivity contribution in [2.75, 3.05) is 0 Å². The summed E-state index contributed by atoms with van der Waals surface area (Å²) in [6, 6.07) is 3.30. The van der Waals surface area contributed by atoms with Gasteiger partial charge < -0.3 is 15.5 Å². The summed E-state index contributed by atoms with van der Waals surface area (Å²) in [6.07, 6.45) is 2.54. The number of hydrogen-bond acceptors (Lipinski definition) is 3. The molecule has 0 spiro atoms. The van der Waals surface area contributed by atoms with Gasteiger partial charge in [-0.15, -0.1) is 0 Å². The predicted octanol–water partition coefficient (Wildman–Crippen LogP) is 3.83. The van der Waals surface area contributed by atoms with Crippen LogP contribution in [0.25, 0.3) is 16.5 Å². The van der Waals surface area contributed by atoms with Gasteiger partial charge in [0.2, 0.25) is 0 Å². The van der Waals surface area contributed by atoms with Crippen LogP contribution in [0.1, 0.15) is 41.6 Å². The number of primary amides is 1. The first kappa shape index (κ1) is 16.1. The number of aromatic amines is 1. The number of aromatic nitrogens is 1. The van der Waals surface area contributed by atoms with Gasteiger partial charge in [-0.1, -0.05) is 6.08 Å². The van der Waals surface area contributed by atoms with Crippen LogP contribution in [-0.2, 0) is 4.74 Å². The van der Waals surface area contributed by atoms with Gasteiger partial charge in [-0.2, -0.15) is 5.26 Å². The highest BCUT2D eigenvalue weighted by molar-refractivity contribution is 5.98. The molecule has 0 fully saturated rings. The second-order valence-corrected chi connectivity index (χ2v) is 6.09. The van der Waals surface area contributed by atoms with Crippen molar-refractivity contribution in [2.45, 2.75) is 39.2 Å². The lowest BCUT2D eigenvalue weighted by Crippen LogP contribution is -2.24. The summed E-state index contributed by atoms with van der Waals surface area (Å²) in [5, 5.41) is 10.00. The Morgan fingerprint density at radius 2 is 2.25 bits per heavy atom. The van der Waals surface area contributed by atoms with Gasteiger partial charge in [0.05, 0.1) is 11.1 Å². The largest absolute Gasteiger partial charge is 0.446 e. The van der Waals surface area contributed by atoms with E-state index in [9.17, 15) is 14.4 Å². The maximum Gasteiger partial charge on any atom is 0.404 e. The van der Waals surface area contributed by atoms with Crippen LogP contribution in [0.2, 0.25) is 0 Å². The van der Waals surface area contributed by atoms with Crippen molar-refractivity contribution in [3.05, 3.63) is 40.3 Å². The van der Waals surface area contributed by atoms with Gasteiger partial charge in [0.15, 0.2) is 0 Å². The fourth-order valence-corrected chi connectivity index (χ4v) is 3.37. The zero-order valence-electron chi connectivity index (χ0n) is 13.6. The molecule has 24 heavy (non-hydrogen) atoms. The number of amides is 1. The van der Waals surface area contributed by atoms with Gasteiger partial charge in [0, 0.05) is 23.1 Å². The number of benzene rings is 1. The van der Waals surface area contributed by atoms with Crippen LogP contribution in [0.4, 0.5) is 9.18 Å². The van der Waals surface area contributed by atoms with Gasteiger partial charge in [0.1, 0.15) is 18.0 Å². The second-order valence-electron chi connectivity index (χ2n) is 6.09. The van der Waals surface area contributed by atoms with Crippen LogP contribution in [0, 0.1) is 31.0 Å². The van der Waals surface area contributed by atoms with Gasteiger partial charge >= 0.3 is 6.09 Å². The van der Waals surface area contributed by atoms with E-state index in [1.54, 1.807) is 0 Å². The van der Waals surface area contributed by atoms with Crippen LogP contribution >= 0.6 is 0 Å². The molecule has 1 amide bonds. The van der Waals surface area contributed by atoms with Crippen molar-refractivity contribution in [1.29, 1.82) is 5.26 Å². The molecule has 124 valence electrons. The molecular formula is C18H18FN3O2. The normalized spacial score (nSPS) is 17.4. The molecule has 0 saturated heterocycles. The highest BCUT2D eigenvalue weighted by Gasteiger charge is 2.25. The summed E-state index contributed by atoms with van der Waals surface area (Å²) in [5.74, 6) is -0.438. The maximum absolute atomic E-state index is 14.8. The number of nitrogens with zero attached hydrogens (tertiary/aromatic N) is 1. The van der Waals surface area contributed by atoms with E-state index in [-0.39, 0.29) is 11.7 Å². The van der Waals surface area contributed by atoms with E-state index in [1.165, 1.54) is 6.07 Å². The third-order valence-corrected chi connectivity index (χ3v) is 4.58. The summed E-state index contributed by atoms with van der Waals surface area (Å²) < 4.78 is 19.9. The van der Waals surface area contributed by atoms with E-state index in [2.05, 4.69) is 4.98 Å². The minimum atomic E-state index is -0.819. The molecule has 1 aromatic heterocycles. The Balaban J connectivity index is 2.16. The zero-order valence-corrected chi connectivity index (χ0v) is 13.6. The standard InChI is InChI=1S/C18H18FN3O2/c1-9-10(2)22-17-12(8-20)7-14(19)16(15(9)17)11-4-3-5-13(6-11)24-18(21)23/h4,7,13,22H,3,5-6H2,1-2H3,(H2,21,23). The highest BCUT2D eigenvalue weighted by atomic mass is 19.1. The number of nitrogens with two attached hydrogens (primary N) is 1. The first-order valence-corrected chi connectivity index (χ1v) is 7.79. The molecule has 1 aliphatic rings. The number of carbonyl (C=O) groups excluding carboxylic acids is 1. The topological polar surface area (TPSA) is 91.9 Å². The van der Waals surface area contributed by atoms with Crippen molar-refractivity contribution in [3.63, 3.8) is 0 Å². The Morgan fingerprint density at radius 1 is 1.50 bits per heavy atom. The predicted molar refractivity (Wildman–Crippen MR) is 88.7 cm³/mol. The van der Waals surface area contributed by atoms with Gasteiger partial charge in [-0.25, -0.2) is 9.18 Å². The summed E-state index contributed by atoms with van der Waals surface area (Å²) in [5.41, 5.74) is 9.08. The fraction of sp³-hybridized carbons (Fsp3) is 0.333. The number of nitrogens with one attached hydrogen (secondary N) is 1. The number of hydrogen-bond donors (Lipinski definition) is 2. The molecule has 3 N–H and O–H groups in total. The molecule has 1 heterocycles.